The van der Waals surface area contributed by atoms with Gasteiger partial charge < -0.3 is 9.15 Å². The number of hydrogen-bond donors (Lipinski definition) is 1. The molecule has 0 bridgehead atoms. The highest BCUT2D eigenvalue weighted by molar-refractivity contribution is 6.31. The van der Waals surface area contributed by atoms with Crippen molar-refractivity contribution in [3.63, 3.8) is 0 Å². The summed E-state index contributed by atoms with van der Waals surface area (Å²) in [5.74, 6) is -0.309. The summed E-state index contributed by atoms with van der Waals surface area (Å²) in [5, 5.41) is 12.6. The van der Waals surface area contributed by atoms with Gasteiger partial charge in [0, 0.05) is 0 Å². The molecule has 1 aromatic heterocycles. The molecule has 1 aliphatic heterocycles. The van der Waals surface area contributed by atoms with Crippen LogP contribution in [0.25, 0.3) is 17.4 Å². The Hall–Kier alpha value is -4.40. The third kappa shape index (κ3) is 3.71. The summed E-state index contributed by atoms with van der Waals surface area (Å²) in [6.45, 7) is 3.87. The van der Waals surface area contributed by atoms with Gasteiger partial charge in [0.25, 0.3) is 17.5 Å². The normalized spacial score (nSPS) is 14.7. The lowest BCUT2D eigenvalue weighted by atomic mass is 10.1. The zero-order chi connectivity index (χ0) is 23.0. The molecule has 0 aliphatic carbocycles. The van der Waals surface area contributed by atoms with Gasteiger partial charge in [-0.2, -0.15) is 0 Å². The van der Waals surface area contributed by atoms with Crippen molar-refractivity contribution in [1.82, 2.24) is 5.43 Å². The van der Waals surface area contributed by atoms with Crippen LogP contribution >= 0.6 is 0 Å². The minimum atomic E-state index is -0.568. The number of nitrogens with one attached hydrogen (secondary N) is 1. The van der Waals surface area contributed by atoms with Crippen LogP contribution in [0.2, 0.25) is 0 Å². The number of rotatable bonds is 5. The quantitative estimate of drug-likeness (QED) is 0.282. The number of nitrogens with zero attached hydrogens (tertiary/aromatic N) is 2. The summed E-state index contributed by atoms with van der Waals surface area (Å²) in [6.07, 6.45) is 1.32. The van der Waals surface area contributed by atoms with E-state index in [2.05, 4.69) is 5.43 Å². The molecule has 9 heteroatoms. The zero-order valence-corrected chi connectivity index (χ0v) is 17.5. The number of benzene rings is 2. The van der Waals surface area contributed by atoms with Crippen LogP contribution < -0.4 is 15.2 Å². The molecule has 2 heterocycles. The number of hydrazine groups is 1. The Kier molecular flexibility index (Phi) is 5.23. The minimum Gasteiger partial charge on any atom is -0.497 e. The molecule has 0 atom stereocenters. The van der Waals surface area contributed by atoms with Gasteiger partial charge in [-0.25, -0.2) is 5.01 Å². The lowest BCUT2D eigenvalue weighted by molar-refractivity contribution is -0.384. The molecular formula is C23H19N3O6. The fourth-order valence-corrected chi connectivity index (χ4v) is 3.32. The highest BCUT2D eigenvalue weighted by Crippen LogP contribution is 2.34. The molecule has 162 valence electrons. The molecule has 2 amide bonds. The van der Waals surface area contributed by atoms with E-state index in [0.29, 0.717) is 11.4 Å². The summed E-state index contributed by atoms with van der Waals surface area (Å²) >= 11 is 0. The van der Waals surface area contributed by atoms with Gasteiger partial charge >= 0.3 is 0 Å². The van der Waals surface area contributed by atoms with Gasteiger partial charge in [0.05, 0.1) is 29.4 Å². The van der Waals surface area contributed by atoms with E-state index in [4.69, 9.17) is 9.15 Å². The monoisotopic (exact) mass is 433 g/mol. The van der Waals surface area contributed by atoms with Crippen molar-refractivity contribution in [3.8, 4) is 17.1 Å². The average molecular weight is 433 g/mol. The highest BCUT2D eigenvalue weighted by atomic mass is 16.6. The van der Waals surface area contributed by atoms with Crippen molar-refractivity contribution in [2.75, 3.05) is 12.1 Å². The first-order valence-electron chi connectivity index (χ1n) is 9.65. The largest absolute Gasteiger partial charge is 0.497 e. The van der Waals surface area contributed by atoms with E-state index in [9.17, 15) is 19.7 Å². The number of carbonyl (C=O) groups is 2. The Morgan fingerprint density at radius 3 is 2.53 bits per heavy atom. The molecule has 1 N–H and O–H groups in total. The van der Waals surface area contributed by atoms with Gasteiger partial charge in [0.1, 0.15) is 22.8 Å². The summed E-state index contributed by atoms with van der Waals surface area (Å²) in [6, 6.07) is 12.9. The van der Waals surface area contributed by atoms with E-state index in [1.54, 1.807) is 18.2 Å². The molecule has 2 aromatic carbocycles. The first kappa shape index (κ1) is 20.9. The number of amides is 2. The molecular weight excluding hydrogens is 414 g/mol. The Morgan fingerprint density at radius 1 is 1.06 bits per heavy atom. The predicted octanol–water partition coefficient (Wildman–Crippen LogP) is 3.94. The van der Waals surface area contributed by atoms with Gasteiger partial charge in [-0.05, 0) is 67.4 Å². The minimum absolute atomic E-state index is 0.103. The first-order valence-corrected chi connectivity index (χ1v) is 9.65. The third-order valence-electron chi connectivity index (χ3n) is 5.22. The number of methoxy groups -OCH3 is 1. The molecule has 3 aromatic rings. The number of anilines is 1. The van der Waals surface area contributed by atoms with Crippen molar-refractivity contribution in [3.05, 3.63) is 81.1 Å². The number of furan rings is 1. The van der Waals surface area contributed by atoms with Gasteiger partial charge in [-0.15, -0.1) is 0 Å². The van der Waals surface area contributed by atoms with Crippen LogP contribution in [0.5, 0.6) is 5.75 Å². The van der Waals surface area contributed by atoms with Crippen LogP contribution in [0.4, 0.5) is 11.4 Å². The first-order chi connectivity index (χ1) is 15.3. The van der Waals surface area contributed by atoms with E-state index >= 15 is 0 Å². The van der Waals surface area contributed by atoms with Gasteiger partial charge in [-0.3, -0.25) is 25.1 Å². The Morgan fingerprint density at radius 2 is 1.84 bits per heavy atom. The number of hydrogen-bond acceptors (Lipinski definition) is 6. The van der Waals surface area contributed by atoms with Crippen LogP contribution in [0.3, 0.4) is 0 Å². The number of aryl methyl sites for hydroxylation is 2. The molecule has 0 radical (unpaired) electrons. The van der Waals surface area contributed by atoms with E-state index in [1.165, 1.54) is 36.4 Å². The number of carbonyl (C=O) groups excluding carboxylic acids is 2. The smallest absolute Gasteiger partial charge is 0.284 e. The van der Waals surface area contributed by atoms with E-state index in [1.807, 2.05) is 26.0 Å². The molecule has 0 spiro atoms. The number of ether oxygens (including phenoxy) is 1. The van der Waals surface area contributed by atoms with Crippen LogP contribution in [-0.2, 0) is 9.59 Å². The van der Waals surface area contributed by atoms with Crippen LogP contribution in [0.15, 0.2) is 58.5 Å². The Balaban J connectivity index is 1.65. The van der Waals surface area contributed by atoms with E-state index in [0.717, 1.165) is 11.1 Å². The molecule has 32 heavy (non-hydrogen) atoms. The second-order valence-corrected chi connectivity index (χ2v) is 7.25. The molecule has 1 fully saturated rings. The SMILES string of the molecule is COc1ccc(-c2ccc(/C=C3\C(=O)NN(c4ccc(C)c(C)c4)C3=O)o2)c([N+](=O)[O-])c1. The lowest BCUT2D eigenvalue weighted by Gasteiger charge is -2.15. The summed E-state index contributed by atoms with van der Waals surface area (Å²) < 4.78 is 10.7. The third-order valence-corrected chi connectivity index (χ3v) is 5.22. The van der Waals surface area contributed by atoms with E-state index < -0.39 is 16.7 Å². The molecule has 9 nitrogen and oxygen atoms in total. The van der Waals surface area contributed by atoms with Crippen LogP contribution in [-0.4, -0.2) is 23.8 Å². The standard InChI is InChI=1S/C23H19N3O6/c1-13-4-5-15(10-14(13)2)25-23(28)19(22(27)24-25)11-17-7-9-21(32-17)18-8-6-16(31-3)12-20(18)26(29)30/h4-12H,1-3H3,(H,24,27)/b19-11+. The molecule has 1 aliphatic rings. The fraction of sp³-hybridized carbons (Fsp3) is 0.130. The van der Waals surface area contributed by atoms with E-state index in [-0.39, 0.29) is 28.3 Å². The number of nitro benzene ring substituents is 1. The van der Waals surface area contributed by atoms with Gasteiger partial charge in [0.15, 0.2) is 0 Å². The topological polar surface area (TPSA) is 115 Å². The lowest BCUT2D eigenvalue weighted by Crippen LogP contribution is -2.35. The van der Waals surface area contributed by atoms with Crippen molar-refractivity contribution in [2.24, 2.45) is 0 Å². The fourth-order valence-electron chi connectivity index (χ4n) is 3.32. The zero-order valence-electron chi connectivity index (χ0n) is 17.5. The summed E-state index contributed by atoms with van der Waals surface area (Å²) in [4.78, 5) is 36.2. The van der Waals surface area contributed by atoms with Gasteiger partial charge in [-0.1, -0.05) is 6.07 Å². The highest BCUT2D eigenvalue weighted by Gasteiger charge is 2.35. The maximum absolute atomic E-state index is 12.8. The summed E-state index contributed by atoms with van der Waals surface area (Å²) in [7, 11) is 1.42. The van der Waals surface area contributed by atoms with Crippen LogP contribution in [0, 0.1) is 24.0 Å². The molecule has 1 saturated heterocycles. The van der Waals surface area contributed by atoms with Crippen molar-refractivity contribution < 1.29 is 23.7 Å². The van der Waals surface area contributed by atoms with Crippen molar-refractivity contribution >= 4 is 29.3 Å². The van der Waals surface area contributed by atoms with Crippen molar-refractivity contribution in [2.45, 2.75) is 13.8 Å². The second-order valence-electron chi connectivity index (χ2n) is 7.25. The Labute approximate surface area is 183 Å². The van der Waals surface area contributed by atoms with Gasteiger partial charge in [0.2, 0.25) is 0 Å². The maximum atomic E-state index is 12.8. The molecule has 0 saturated carbocycles. The molecule has 4 rings (SSSR count). The average Bonchev–Trinajstić information content (AvgIpc) is 3.35. The Bertz CT molecular complexity index is 1290. The van der Waals surface area contributed by atoms with Crippen LogP contribution in [0.1, 0.15) is 16.9 Å². The molecule has 0 unspecified atom stereocenters. The number of nitro groups is 1. The van der Waals surface area contributed by atoms with Crippen molar-refractivity contribution in [1.29, 1.82) is 0 Å². The summed E-state index contributed by atoms with van der Waals surface area (Å²) in [5.41, 5.74) is 5.10. The predicted molar refractivity (Wildman–Crippen MR) is 117 cm³/mol. The second kappa shape index (κ2) is 8.03. The maximum Gasteiger partial charge on any atom is 0.284 e.